The second kappa shape index (κ2) is 9.76. The molecule has 0 saturated carbocycles. The predicted octanol–water partition coefficient (Wildman–Crippen LogP) is 4.13. The summed E-state index contributed by atoms with van der Waals surface area (Å²) in [6.45, 7) is 11.1. The largest absolute Gasteiger partial charge is 0.293 e. The Morgan fingerprint density at radius 3 is 2.18 bits per heavy atom. The molecule has 0 aliphatic heterocycles. The predicted molar refractivity (Wildman–Crippen MR) is 76.8 cm³/mol. The summed E-state index contributed by atoms with van der Waals surface area (Å²) in [5.41, 5.74) is 3.44. The van der Waals surface area contributed by atoms with E-state index in [0.717, 1.165) is 24.4 Å². The van der Waals surface area contributed by atoms with E-state index >= 15 is 0 Å². The number of aryl methyl sites for hydroxylation is 2. The number of aromatic nitrogens is 1. The second-order valence-electron chi connectivity index (χ2n) is 3.90. The first-order valence-corrected chi connectivity index (χ1v) is 6.17. The maximum atomic E-state index is 4.17. The van der Waals surface area contributed by atoms with Gasteiger partial charge in [0.05, 0.1) is 0 Å². The van der Waals surface area contributed by atoms with Crippen molar-refractivity contribution >= 4 is 6.21 Å². The molecule has 0 bridgehead atoms. The molecule has 0 aromatic carbocycles. The van der Waals surface area contributed by atoms with Gasteiger partial charge in [-0.15, -0.1) is 0 Å². The molecule has 2 heteroatoms. The van der Waals surface area contributed by atoms with Gasteiger partial charge >= 0.3 is 0 Å². The van der Waals surface area contributed by atoms with Gasteiger partial charge in [0.2, 0.25) is 0 Å². The Labute approximate surface area is 106 Å². The first-order valence-electron chi connectivity index (χ1n) is 6.17. The van der Waals surface area contributed by atoms with Crippen molar-refractivity contribution in [2.24, 2.45) is 4.99 Å². The number of nitrogens with zero attached hydrogens (tertiary/aromatic N) is 2. The topological polar surface area (TPSA) is 25.2 Å². The van der Waals surface area contributed by atoms with Crippen LogP contribution in [-0.2, 0) is 0 Å². The van der Waals surface area contributed by atoms with Crippen molar-refractivity contribution in [3.8, 4) is 0 Å². The Balaban J connectivity index is 0.000000302. The molecule has 0 amide bonds. The monoisotopic (exact) mass is 232 g/mol. The van der Waals surface area contributed by atoms with Crippen LogP contribution in [0.5, 0.6) is 0 Å². The maximum Gasteiger partial charge on any atom is 0.0375 e. The van der Waals surface area contributed by atoms with Gasteiger partial charge < -0.3 is 0 Å². The van der Waals surface area contributed by atoms with E-state index < -0.39 is 0 Å². The molecule has 1 aromatic rings. The lowest BCUT2D eigenvalue weighted by molar-refractivity contribution is 1.12. The fraction of sp³-hybridized carbons (Fsp3) is 0.467. The summed E-state index contributed by atoms with van der Waals surface area (Å²) in [4.78, 5) is 8.27. The average Bonchev–Trinajstić information content (AvgIpc) is 2.27. The van der Waals surface area contributed by atoms with Crippen LogP contribution in [0.3, 0.4) is 0 Å². The van der Waals surface area contributed by atoms with Crippen LogP contribution in [0.25, 0.3) is 0 Å². The van der Waals surface area contributed by atoms with Gasteiger partial charge in [-0.1, -0.05) is 19.1 Å². The van der Waals surface area contributed by atoms with Crippen LogP contribution in [0.4, 0.5) is 0 Å². The molecule has 1 rings (SSSR count). The molecular formula is C15H24N2. The fourth-order valence-corrected chi connectivity index (χ4v) is 1.29. The van der Waals surface area contributed by atoms with E-state index in [2.05, 4.69) is 29.9 Å². The average molecular weight is 232 g/mol. The number of rotatable bonds is 3. The van der Waals surface area contributed by atoms with E-state index in [-0.39, 0.29) is 0 Å². The summed E-state index contributed by atoms with van der Waals surface area (Å²) in [5, 5.41) is 0. The van der Waals surface area contributed by atoms with E-state index in [0.29, 0.717) is 0 Å². The van der Waals surface area contributed by atoms with Gasteiger partial charge in [0.15, 0.2) is 0 Å². The van der Waals surface area contributed by atoms with Crippen LogP contribution >= 0.6 is 0 Å². The van der Waals surface area contributed by atoms with Crippen LogP contribution in [0, 0.1) is 13.8 Å². The normalized spacial score (nSPS) is 11.2. The molecule has 1 aromatic heterocycles. The zero-order valence-corrected chi connectivity index (χ0v) is 11.7. The van der Waals surface area contributed by atoms with Gasteiger partial charge in [0.25, 0.3) is 0 Å². The number of hydrogen-bond acceptors (Lipinski definition) is 2. The van der Waals surface area contributed by atoms with Gasteiger partial charge in [0.1, 0.15) is 0 Å². The fourth-order valence-electron chi connectivity index (χ4n) is 1.29. The lowest BCUT2D eigenvalue weighted by atomic mass is 10.3. The minimum atomic E-state index is 0.884. The maximum absolute atomic E-state index is 4.17. The summed E-state index contributed by atoms with van der Waals surface area (Å²) in [6, 6.07) is 6.00. The summed E-state index contributed by atoms with van der Waals surface area (Å²) < 4.78 is 0. The molecule has 0 aliphatic carbocycles. The second-order valence-corrected chi connectivity index (χ2v) is 3.90. The number of aliphatic imine (C=N–C) groups is 1. The molecule has 0 aliphatic rings. The Morgan fingerprint density at radius 2 is 1.82 bits per heavy atom. The molecule has 2 nitrogen and oxygen atoms in total. The lowest BCUT2D eigenvalue weighted by Crippen LogP contribution is -1.81. The molecule has 0 atom stereocenters. The third-order valence-corrected chi connectivity index (χ3v) is 2.03. The third-order valence-electron chi connectivity index (χ3n) is 2.03. The van der Waals surface area contributed by atoms with Crippen molar-refractivity contribution in [2.75, 3.05) is 6.54 Å². The Morgan fingerprint density at radius 1 is 1.24 bits per heavy atom. The third kappa shape index (κ3) is 9.49. The molecule has 0 spiro atoms. The minimum absolute atomic E-state index is 0.884. The smallest absolute Gasteiger partial charge is 0.0375 e. The van der Waals surface area contributed by atoms with Crippen molar-refractivity contribution in [1.29, 1.82) is 0 Å². The van der Waals surface area contributed by atoms with Crippen LogP contribution in [0.1, 0.15) is 38.6 Å². The van der Waals surface area contributed by atoms with Crippen molar-refractivity contribution in [1.82, 2.24) is 4.98 Å². The van der Waals surface area contributed by atoms with E-state index in [9.17, 15) is 0 Å². The summed E-state index contributed by atoms with van der Waals surface area (Å²) in [5.74, 6) is 0. The zero-order valence-electron chi connectivity index (χ0n) is 11.7. The highest BCUT2D eigenvalue weighted by atomic mass is 14.7. The van der Waals surface area contributed by atoms with Gasteiger partial charge in [-0.3, -0.25) is 9.98 Å². The van der Waals surface area contributed by atoms with Crippen molar-refractivity contribution in [3.63, 3.8) is 0 Å². The van der Waals surface area contributed by atoms with Crippen LogP contribution in [0.2, 0.25) is 0 Å². The molecule has 0 N–H and O–H groups in total. The highest BCUT2D eigenvalue weighted by Crippen LogP contribution is 1.93. The number of allylic oxidation sites excluding steroid dienone is 2. The van der Waals surface area contributed by atoms with Crippen molar-refractivity contribution in [2.45, 2.75) is 41.0 Å². The Hall–Kier alpha value is -1.44. The minimum Gasteiger partial charge on any atom is -0.293 e. The van der Waals surface area contributed by atoms with E-state index in [4.69, 9.17) is 0 Å². The first-order chi connectivity index (χ1) is 8.10. The number of pyridine rings is 1. The van der Waals surface area contributed by atoms with E-state index in [1.807, 2.05) is 45.2 Å². The Kier molecular flexibility index (Phi) is 8.94. The van der Waals surface area contributed by atoms with Crippen molar-refractivity contribution < 1.29 is 0 Å². The summed E-state index contributed by atoms with van der Waals surface area (Å²) in [6.07, 6.45) is 5.18. The number of hydrogen-bond donors (Lipinski definition) is 0. The standard InChI is InChI=1S/C8H15N.C7H9N/c1-4-6-8(3)7-9-5-2;1-6-4-3-5-7(2)8-6/h6-7H,4-5H2,1-3H3;3-5H,1-2H3/b8-6-,9-7?;. The molecule has 0 saturated heterocycles. The molecule has 94 valence electrons. The zero-order chi connectivity index (χ0) is 13.1. The lowest BCUT2D eigenvalue weighted by Gasteiger charge is -1.90. The van der Waals surface area contributed by atoms with Gasteiger partial charge in [0, 0.05) is 24.1 Å². The van der Waals surface area contributed by atoms with E-state index in [1.54, 1.807) is 0 Å². The van der Waals surface area contributed by atoms with E-state index in [1.165, 1.54) is 5.57 Å². The quantitative estimate of drug-likeness (QED) is 0.719. The molecule has 1 heterocycles. The molecular weight excluding hydrogens is 208 g/mol. The molecule has 17 heavy (non-hydrogen) atoms. The summed E-state index contributed by atoms with van der Waals surface area (Å²) >= 11 is 0. The molecule has 0 unspecified atom stereocenters. The first kappa shape index (κ1) is 15.6. The highest BCUT2D eigenvalue weighted by Gasteiger charge is 1.82. The van der Waals surface area contributed by atoms with Gasteiger partial charge in [-0.25, -0.2) is 0 Å². The van der Waals surface area contributed by atoms with Crippen LogP contribution in [0.15, 0.2) is 34.8 Å². The SMILES string of the molecule is CC/C=C(/C)C=NCC.Cc1cccc(C)n1. The van der Waals surface area contributed by atoms with Crippen molar-refractivity contribution in [3.05, 3.63) is 41.2 Å². The Bertz CT molecular complexity index is 348. The molecule has 0 fully saturated rings. The highest BCUT2D eigenvalue weighted by molar-refractivity contribution is 5.77. The summed E-state index contributed by atoms with van der Waals surface area (Å²) in [7, 11) is 0. The van der Waals surface area contributed by atoms with Gasteiger partial charge in [-0.05, 0) is 51.8 Å². The van der Waals surface area contributed by atoms with Crippen LogP contribution < -0.4 is 0 Å². The van der Waals surface area contributed by atoms with Gasteiger partial charge in [-0.2, -0.15) is 0 Å². The van der Waals surface area contributed by atoms with Crippen LogP contribution in [-0.4, -0.2) is 17.7 Å². The molecule has 0 radical (unpaired) electrons.